The molecule has 0 saturated carbocycles. The van der Waals surface area contributed by atoms with Crippen molar-refractivity contribution in [3.63, 3.8) is 0 Å². The minimum Gasteiger partial charge on any atom is -0.497 e. The maximum absolute atomic E-state index is 14.8. The van der Waals surface area contributed by atoms with Gasteiger partial charge in [0.1, 0.15) is 5.75 Å². The average Bonchev–Trinajstić information content (AvgIpc) is 3.72. The van der Waals surface area contributed by atoms with Gasteiger partial charge in [-0.15, -0.1) is 6.58 Å². The molecule has 5 atom stereocenters. The predicted molar refractivity (Wildman–Crippen MR) is 180 cm³/mol. The molecular weight excluding hydrogens is 600 g/mol. The third kappa shape index (κ3) is 5.17. The van der Waals surface area contributed by atoms with Crippen LogP contribution in [0.1, 0.15) is 31.7 Å². The number of nitrogens with zero attached hydrogens (tertiary/aromatic N) is 3. The first kappa shape index (κ1) is 32.4. The molecule has 10 nitrogen and oxygen atoms in total. The number of ether oxygens (including phenoxy) is 2. The molecule has 4 heterocycles. The van der Waals surface area contributed by atoms with E-state index in [0.29, 0.717) is 26.2 Å². The van der Waals surface area contributed by atoms with Crippen molar-refractivity contribution in [3.05, 3.63) is 60.7 Å². The number of rotatable bonds is 9. The molecule has 0 aromatic heterocycles. The number of benzene rings is 2. The van der Waals surface area contributed by atoms with E-state index >= 15 is 0 Å². The van der Waals surface area contributed by atoms with E-state index in [1.807, 2.05) is 30.3 Å². The zero-order chi connectivity index (χ0) is 32.8. The fourth-order valence-electron chi connectivity index (χ4n) is 8.50. The first-order valence-corrected chi connectivity index (χ1v) is 19.5. The number of likely N-dealkylation sites (tertiary alicyclic amines) is 1. The van der Waals surface area contributed by atoms with E-state index in [-0.39, 0.29) is 54.8 Å². The molecule has 0 radical (unpaired) electrons. The van der Waals surface area contributed by atoms with Gasteiger partial charge in [0, 0.05) is 43.3 Å². The van der Waals surface area contributed by atoms with Crippen LogP contribution in [-0.2, 0) is 24.7 Å². The summed E-state index contributed by atoms with van der Waals surface area (Å²) in [7, 11) is -0.799. The first-order chi connectivity index (χ1) is 22.1. The Balaban J connectivity index is 1.47. The topological polar surface area (TPSA) is 112 Å². The van der Waals surface area contributed by atoms with Crippen molar-refractivity contribution in [2.45, 2.75) is 62.6 Å². The third-order valence-corrected chi connectivity index (χ3v) is 15.2. The van der Waals surface area contributed by atoms with Crippen LogP contribution < -0.4 is 25.0 Å². The number of carbonyl (C=O) groups is 3. The lowest BCUT2D eigenvalue weighted by Crippen LogP contribution is -2.52. The standard InChI is InChI=1S/C35H46N4O6Si/c1-6-16-39-29-14-9-24(38-18-15-36-21-32(38)42)19-28(29)35(34(39)43)23(2)33(46(4,5)27-12-10-26(44-3)11-13-27)30(45-35)20-31(41)37-17-7-8-25(37)22-40/h6,9-14,19,23,25,30,33,36,40H,1,7-8,15-18,20-22H2,2-5H3/t23-,25+,30+,33-,35+/m1/s1. The molecule has 6 rings (SSSR count). The average molecular weight is 647 g/mol. The maximum atomic E-state index is 14.8. The molecule has 2 aromatic rings. The number of fused-ring (bicyclic) bond motifs is 2. The molecule has 46 heavy (non-hydrogen) atoms. The second-order valence-electron chi connectivity index (χ2n) is 13.6. The number of nitrogens with one attached hydrogen (secondary N) is 1. The minimum absolute atomic E-state index is 0.0219. The second-order valence-corrected chi connectivity index (χ2v) is 18.2. The molecule has 246 valence electrons. The maximum Gasteiger partial charge on any atom is 0.264 e. The highest BCUT2D eigenvalue weighted by molar-refractivity contribution is 6.91. The number of anilines is 2. The van der Waals surface area contributed by atoms with Gasteiger partial charge in [-0.3, -0.25) is 14.4 Å². The third-order valence-electron chi connectivity index (χ3n) is 10.8. The molecule has 0 unspecified atom stereocenters. The van der Waals surface area contributed by atoms with Gasteiger partial charge in [-0.25, -0.2) is 0 Å². The van der Waals surface area contributed by atoms with Gasteiger partial charge in [0.15, 0.2) is 5.60 Å². The zero-order valence-corrected chi connectivity index (χ0v) is 28.3. The van der Waals surface area contributed by atoms with Crippen LogP contribution in [0.3, 0.4) is 0 Å². The molecular formula is C35H46N4O6Si. The number of hydrogen-bond acceptors (Lipinski definition) is 7. The largest absolute Gasteiger partial charge is 0.497 e. The molecule has 3 saturated heterocycles. The van der Waals surface area contributed by atoms with Crippen molar-refractivity contribution >= 4 is 42.4 Å². The summed E-state index contributed by atoms with van der Waals surface area (Å²) < 4.78 is 12.6. The van der Waals surface area contributed by atoms with Gasteiger partial charge < -0.3 is 34.6 Å². The van der Waals surface area contributed by atoms with Crippen molar-refractivity contribution in [1.82, 2.24) is 10.2 Å². The van der Waals surface area contributed by atoms with Gasteiger partial charge >= 0.3 is 0 Å². The number of aliphatic hydroxyl groups excluding tert-OH is 1. The normalized spacial score (nSPS) is 27.9. The molecule has 3 amide bonds. The summed E-state index contributed by atoms with van der Waals surface area (Å²) in [4.78, 5) is 46.9. The number of amides is 3. The molecule has 4 aliphatic heterocycles. The Morgan fingerprint density at radius 1 is 1.20 bits per heavy atom. The second kappa shape index (κ2) is 12.6. The van der Waals surface area contributed by atoms with Gasteiger partial charge in [0.2, 0.25) is 11.8 Å². The van der Waals surface area contributed by atoms with Crippen LogP contribution in [0.2, 0.25) is 18.6 Å². The summed E-state index contributed by atoms with van der Waals surface area (Å²) >= 11 is 0. The predicted octanol–water partition coefficient (Wildman–Crippen LogP) is 2.75. The zero-order valence-electron chi connectivity index (χ0n) is 27.3. The van der Waals surface area contributed by atoms with Crippen LogP contribution in [0.25, 0.3) is 0 Å². The number of methoxy groups -OCH3 is 1. The molecule has 4 aliphatic rings. The Morgan fingerprint density at radius 2 is 1.96 bits per heavy atom. The first-order valence-electron chi connectivity index (χ1n) is 16.4. The summed E-state index contributed by atoms with van der Waals surface area (Å²) in [5, 5.41) is 14.3. The van der Waals surface area contributed by atoms with Crippen LogP contribution in [0.15, 0.2) is 55.1 Å². The highest BCUT2D eigenvalue weighted by Crippen LogP contribution is 2.60. The van der Waals surface area contributed by atoms with Crippen molar-refractivity contribution in [1.29, 1.82) is 0 Å². The van der Waals surface area contributed by atoms with Crippen LogP contribution in [-0.4, -0.2) is 94.4 Å². The number of piperazine rings is 1. The summed E-state index contributed by atoms with van der Waals surface area (Å²) in [6.07, 6.45) is 2.94. The van der Waals surface area contributed by atoms with Gasteiger partial charge in [-0.05, 0) is 48.7 Å². The highest BCUT2D eigenvalue weighted by Gasteiger charge is 2.66. The molecule has 2 N–H and O–H groups in total. The smallest absolute Gasteiger partial charge is 0.264 e. The molecule has 0 aliphatic carbocycles. The van der Waals surface area contributed by atoms with Crippen molar-refractivity contribution in [3.8, 4) is 5.75 Å². The lowest BCUT2D eigenvalue weighted by atomic mass is 9.82. The van der Waals surface area contributed by atoms with Gasteiger partial charge in [0.25, 0.3) is 5.91 Å². The Morgan fingerprint density at radius 3 is 2.63 bits per heavy atom. The minimum atomic E-state index is -2.45. The Hall–Kier alpha value is -3.51. The van der Waals surface area contributed by atoms with Crippen LogP contribution in [0.4, 0.5) is 11.4 Å². The van der Waals surface area contributed by atoms with Crippen molar-refractivity contribution in [2.75, 3.05) is 56.2 Å². The molecule has 1 spiro atoms. The van der Waals surface area contributed by atoms with Gasteiger partial charge in [0.05, 0.1) is 52.6 Å². The van der Waals surface area contributed by atoms with E-state index in [2.05, 4.69) is 44.0 Å². The fraction of sp³-hybridized carbons (Fsp3) is 0.514. The Labute approximate surface area is 272 Å². The Bertz CT molecular complexity index is 1510. The molecule has 3 fully saturated rings. The van der Waals surface area contributed by atoms with Crippen LogP contribution >= 0.6 is 0 Å². The van der Waals surface area contributed by atoms with Crippen molar-refractivity contribution in [2.24, 2.45) is 5.92 Å². The van der Waals surface area contributed by atoms with E-state index < -0.39 is 19.8 Å². The van der Waals surface area contributed by atoms with Crippen molar-refractivity contribution < 1.29 is 29.0 Å². The summed E-state index contributed by atoms with van der Waals surface area (Å²) in [5.74, 6) is 0.255. The van der Waals surface area contributed by atoms with E-state index in [0.717, 1.165) is 35.5 Å². The van der Waals surface area contributed by atoms with E-state index in [1.165, 1.54) is 5.19 Å². The quantitative estimate of drug-likeness (QED) is 0.319. The Kier molecular flexibility index (Phi) is 8.88. The lowest BCUT2D eigenvalue weighted by molar-refractivity contribution is -0.149. The lowest BCUT2D eigenvalue weighted by Gasteiger charge is -2.37. The monoisotopic (exact) mass is 646 g/mol. The van der Waals surface area contributed by atoms with E-state index in [4.69, 9.17) is 9.47 Å². The summed E-state index contributed by atoms with van der Waals surface area (Å²) in [5.41, 5.74) is 0.783. The fourth-order valence-corrected chi connectivity index (χ4v) is 12.5. The van der Waals surface area contributed by atoms with E-state index in [1.54, 1.807) is 27.9 Å². The van der Waals surface area contributed by atoms with Crippen LogP contribution in [0.5, 0.6) is 5.75 Å². The SMILES string of the molecule is C=CCN1C(=O)[C@@]2(O[C@@H](CC(=O)N3CCC[C@H]3CO)[C@H]([Si](C)(C)c3ccc(OC)cc3)[C@H]2C)c2cc(N3CCNCC3=O)ccc21. The molecule has 2 aromatic carbocycles. The van der Waals surface area contributed by atoms with Gasteiger partial charge in [-0.1, -0.05) is 43.4 Å². The number of hydrogen-bond donors (Lipinski definition) is 2. The van der Waals surface area contributed by atoms with Gasteiger partial charge in [-0.2, -0.15) is 0 Å². The summed E-state index contributed by atoms with van der Waals surface area (Å²) in [6.45, 7) is 12.9. The highest BCUT2D eigenvalue weighted by atomic mass is 28.3. The van der Waals surface area contributed by atoms with E-state index in [9.17, 15) is 19.5 Å². The number of carbonyl (C=O) groups excluding carboxylic acids is 3. The molecule has 11 heteroatoms. The number of aliphatic hydroxyl groups is 1. The van der Waals surface area contributed by atoms with Crippen LogP contribution in [0, 0.1) is 5.92 Å². The summed E-state index contributed by atoms with van der Waals surface area (Å²) in [6, 6.07) is 13.7. The molecule has 0 bridgehead atoms.